The number of esters is 2. The minimum Gasteiger partial charge on any atom is -0.486 e. The SMILES string of the molecule is Cc1ccc(OCc2nc(CC(=O)OCC(=O)OC(C)C)cs2)cc1. The number of nitrogens with zero attached hydrogens (tertiary/aromatic N) is 1. The molecule has 0 saturated heterocycles. The summed E-state index contributed by atoms with van der Waals surface area (Å²) in [6.07, 6.45) is -0.225. The predicted octanol–water partition coefficient (Wildman–Crippen LogP) is 3.07. The summed E-state index contributed by atoms with van der Waals surface area (Å²) in [5, 5.41) is 2.55. The number of aryl methyl sites for hydroxylation is 1. The summed E-state index contributed by atoms with van der Waals surface area (Å²) < 4.78 is 15.4. The van der Waals surface area contributed by atoms with Gasteiger partial charge in [-0.15, -0.1) is 11.3 Å². The number of benzene rings is 1. The third-order valence-corrected chi connectivity index (χ3v) is 3.90. The van der Waals surface area contributed by atoms with Crippen LogP contribution in [0.1, 0.15) is 30.1 Å². The first-order valence-corrected chi connectivity index (χ1v) is 8.78. The molecule has 0 bridgehead atoms. The van der Waals surface area contributed by atoms with E-state index in [1.165, 1.54) is 16.9 Å². The van der Waals surface area contributed by atoms with E-state index in [9.17, 15) is 9.59 Å². The highest BCUT2D eigenvalue weighted by Gasteiger charge is 2.13. The number of aromatic nitrogens is 1. The highest BCUT2D eigenvalue weighted by atomic mass is 32.1. The van der Waals surface area contributed by atoms with Crippen LogP contribution in [-0.4, -0.2) is 29.6 Å². The third-order valence-electron chi connectivity index (χ3n) is 3.03. The van der Waals surface area contributed by atoms with E-state index < -0.39 is 11.9 Å². The fourth-order valence-corrected chi connectivity index (χ4v) is 2.62. The first kappa shape index (κ1) is 18.9. The molecular weight excluding hydrogens is 342 g/mol. The lowest BCUT2D eigenvalue weighted by atomic mass is 10.2. The maximum atomic E-state index is 11.7. The number of rotatable bonds is 8. The standard InChI is InChI=1S/C18H21NO5S/c1-12(2)24-18(21)10-23-17(20)8-14-11-25-16(19-14)9-22-15-6-4-13(3)5-7-15/h4-7,11-12H,8-10H2,1-3H3. The van der Waals surface area contributed by atoms with Gasteiger partial charge in [0.05, 0.1) is 18.2 Å². The summed E-state index contributed by atoms with van der Waals surface area (Å²) in [5.41, 5.74) is 1.76. The molecule has 7 heteroatoms. The van der Waals surface area contributed by atoms with Crippen molar-refractivity contribution in [1.29, 1.82) is 0 Å². The lowest BCUT2D eigenvalue weighted by Gasteiger charge is -2.07. The number of ether oxygens (including phenoxy) is 3. The van der Waals surface area contributed by atoms with Crippen LogP contribution in [0.2, 0.25) is 0 Å². The molecule has 0 amide bonds. The molecule has 0 aliphatic rings. The Morgan fingerprint density at radius 3 is 2.56 bits per heavy atom. The maximum Gasteiger partial charge on any atom is 0.344 e. The van der Waals surface area contributed by atoms with Crippen LogP contribution >= 0.6 is 11.3 Å². The summed E-state index contributed by atoms with van der Waals surface area (Å²) in [7, 11) is 0. The van der Waals surface area contributed by atoms with Crippen LogP contribution in [0.25, 0.3) is 0 Å². The van der Waals surface area contributed by atoms with E-state index in [2.05, 4.69) is 4.98 Å². The zero-order valence-corrected chi connectivity index (χ0v) is 15.3. The van der Waals surface area contributed by atoms with Crippen molar-refractivity contribution in [2.45, 2.75) is 39.9 Å². The third kappa shape index (κ3) is 6.93. The van der Waals surface area contributed by atoms with Gasteiger partial charge in [-0.2, -0.15) is 0 Å². The Morgan fingerprint density at radius 1 is 1.16 bits per heavy atom. The van der Waals surface area contributed by atoms with Gasteiger partial charge in [-0.1, -0.05) is 17.7 Å². The molecule has 2 aromatic rings. The van der Waals surface area contributed by atoms with E-state index >= 15 is 0 Å². The molecule has 1 aromatic heterocycles. The fourth-order valence-electron chi connectivity index (χ4n) is 1.91. The minimum absolute atomic E-state index is 0.00991. The molecule has 0 saturated carbocycles. The molecule has 2 rings (SSSR count). The van der Waals surface area contributed by atoms with E-state index in [1.807, 2.05) is 31.2 Å². The molecule has 0 aliphatic heterocycles. The molecule has 0 radical (unpaired) electrons. The van der Waals surface area contributed by atoms with Crippen molar-refractivity contribution in [2.75, 3.05) is 6.61 Å². The molecule has 6 nitrogen and oxygen atoms in total. The normalized spacial score (nSPS) is 10.6. The second-order valence-electron chi connectivity index (χ2n) is 5.71. The van der Waals surface area contributed by atoms with Gasteiger partial charge in [-0.05, 0) is 32.9 Å². The molecule has 0 aliphatic carbocycles. The van der Waals surface area contributed by atoms with Gasteiger partial charge < -0.3 is 14.2 Å². The molecule has 25 heavy (non-hydrogen) atoms. The quantitative estimate of drug-likeness (QED) is 0.671. The molecule has 134 valence electrons. The van der Waals surface area contributed by atoms with E-state index in [0.717, 1.165) is 10.8 Å². The summed E-state index contributed by atoms with van der Waals surface area (Å²) >= 11 is 1.41. The predicted molar refractivity (Wildman–Crippen MR) is 93.5 cm³/mol. The Kier molecular flexibility index (Phi) is 6.94. The maximum absolute atomic E-state index is 11.7. The van der Waals surface area contributed by atoms with Gasteiger partial charge in [-0.3, -0.25) is 4.79 Å². The van der Waals surface area contributed by atoms with E-state index in [0.29, 0.717) is 12.3 Å². The van der Waals surface area contributed by atoms with Gasteiger partial charge in [-0.25, -0.2) is 9.78 Å². The van der Waals surface area contributed by atoms with Crippen LogP contribution in [0, 0.1) is 6.92 Å². The van der Waals surface area contributed by atoms with Crippen LogP contribution in [0.3, 0.4) is 0 Å². The van der Waals surface area contributed by atoms with Gasteiger partial charge in [0.2, 0.25) is 0 Å². The van der Waals surface area contributed by atoms with E-state index in [-0.39, 0.29) is 19.1 Å². The highest BCUT2D eigenvalue weighted by molar-refractivity contribution is 7.09. The highest BCUT2D eigenvalue weighted by Crippen LogP contribution is 2.16. The summed E-state index contributed by atoms with van der Waals surface area (Å²) in [6, 6.07) is 7.75. The second-order valence-corrected chi connectivity index (χ2v) is 6.65. The molecular formula is C18H21NO5S. The molecule has 0 N–H and O–H groups in total. The van der Waals surface area contributed by atoms with Crippen molar-refractivity contribution >= 4 is 23.3 Å². The van der Waals surface area contributed by atoms with Crippen molar-refractivity contribution in [2.24, 2.45) is 0 Å². The van der Waals surface area contributed by atoms with Crippen LogP contribution in [0.5, 0.6) is 5.75 Å². The lowest BCUT2D eigenvalue weighted by molar-refractivity contribution is -0.160. The van der Waals surface area contributed by atoms with Crippen molar-refractivity contribution in [3.05, 3.63) is 45.9 Å². The van der Waals surface area contributed by atoms with Gasteiger partial charge >= 0.3 is 11.9 Å². The number of carbonyl (C=O) groups excluding carboxylic acids is 2. The smallest absolute Gasteiger partial charge is 0.344 e. The Balaban J connectivity index is 1.75. The molecule has 0 fully saturated rings. The van der Waals surface area contributed by atoms with Gasteiger partial charge in [0.15, 0.2) is 6.61 Å². The summed E-state index contributed by atoms with van der Waals surface area (Å²) in [6.45, 7) is 5.43. The van der Waals surface area contributed by atoms with Crippen molar-refractivity contribution < 1.29 is 23.8 Å². The van der Waals surface area contributed by atoms with E-state index in [1.54, 1.807) is 19.2 Å². The lowest BCUT2D eigenvalue weighted by Crippen LogP contribution is -2.20. The van der Waals surface area contributed by atoms with Gasteiger partial charge in [0.25, 0.3) is 0 Å². The Bertz CT molecular complexity index is 709. The van der Waals surface area contributed by atoms with Crippen LogP contribution in [-0.2, 0) is 32.1 Å². The zero-order chi connectivity index (χ0) is 18.2. The van der Waals surface area contributed by atoms with Crippen molar-refractivity contribution in [1.82, 2.24) is 4.98 Å². The Morgan fingerprint density at radius 2 is 1.88 bits per heavy atom. The van der Waals surface area contributed by atoms with Crippen LogP contribution in [0.15, 0.2) is 29.6 Å². The number of thiazole rings is 1. The molecule has 1 heterocycles. The fraction of sp³-hybridized carbons (Fsp3) is 0.389. The van der Waals surface area contributed by atoms with Crippen LogP contribution in [0.4, 0.5) is 0 Å². The van der Waals surface area contributed by atoms with Crippen molar-refractivity contribution in [3.63, 3.8) is 0 Å². The molecule has 0 unspecified atom stereocenters. The molecule has 1 aromatic carbocycles. The largest absolute Gasteiger partial charge is 0.486 e. The monoisotopic (exact) mass is 363 g/mol. The zero-order valence-electron chi connectivity index (χ0n) is 14.5. The number of carbonyl (C=O) groups is 2. The molecule has 0 spiro atoms. The average molecular weight is 363 g/mol. The second kappa shape index (κ2) is 9.17. The summed E-state index contributed by atoms with van der Waals surface area (Å²) in [5.74, 6) is -0.309. The topological polar surface area (TPSA) is 74.7 Å². The van der Waals surface area contributed by atoms with Gasteiger partial charge in [0.1, 0.15) is 17.4 Å². The van der Waals surface area contributed by atoms with Crippen LogP contribution < -0.4 is 4.74 Å². The minimum atomic E-state index is -0.561. The first-order chi connectivity index (χ1) is 11.9. The van der Waals surface area contributed by atoms with Crippen molar-refractivity contribution in [3.8, 4) is 5.75 Å². The first-order valence-electron chi connectivity index (χ1n) is 7.90. The summed E-state index contributed by atoms with van der Waals surface area (Å²) in [4.78, 5) is 27.4. The number of hydrogen-bond acceptors (Lipinski definition) is 7. The Labute approximate surface area is 150 Å². The number of hydrogen-bond donors (Lipinski definition) is 0. The molecule has 0 atom stereocenters. The Hall–Kier alpha value is -2.41. The van der Waals surface area contributed by atoms with Gasteiger partial charge in [0, 0.05) is 5.38 Å². The average Bonchev–Trinajstić information content (AvgIpc) is 2.99. The van der Waals surface area contributed by atoms with E-state index in [4.69, 9.17) is 14.2 Å².